The number of carbonyl (C=O) groups is 1. The maximum atomic E-state index is 12.6. The Labute approximate surface area is 117 Å². The lowest BCUT2D eigenvalue weighted by atomic mass is 10.0. The second-order valence-electron chi connectivity index (χ2n) is 5.37. The molecule has 0 spiro atoms. The largest absolute Gasteiger partial charge is 0.481 e. The molecule has 1 aromatic carbocycles. The minimum atomic E-state index is -2.43. The average Bonchev–Trinajstić information content (AvgIpc) is 2.84. The van der Waals surface area contributed by atoms with Crippen molar-refractivity contribution in [1.82, 2.24) is 4.90 Å². The van der Waals surface area contributed by atoms with Crippen LogP contribution in [0, 0.1) is 5.92 Å². The van der Waals surface area contributed by atoms with Crippen LogP contribution in [0.1, 0.15) is 36.8 Å². The van der Waals surface area contributed by atoms with Crippen LogP contribution >= 0.6 is 0 Å². The van der Waals surface area contributed by atoms with Gasteiger partial charge in [0.05, 0.1) is 0 Å². The summed E-state index contributed by atoms with van der Waals surface area (Å²) in [6, 6.07) is 6.51. The number of carboxylic acids is 1. The van der Waals surface area contributed by atoms with E-state index in [1.807, 2.05) is 6.07 Å². The minimum Gasteiger partial charge on any atom is -0.481 e. The molecule has 0 saturated carbocycles. The fourth-order valence-corrected chi connectivity index (χ4v) is 2.71. The molecule has 1 heterocycles. The van der Waals surface area contributed by atoms with Crippen molar-refractivity contribution in [2.75, 3.05) is 13.1 Å². The molecule has 0 bridgehead atoms. The zero-order chi connectivity index (χ0) is 14.5. The minimum absolute atomic E-state index is 0.0594. The van der Waals surface area contributed by atoms with Gasteiger partial charge in [0, 0.05) is 25.1 Å². The number of carboxylic acid groups (broad SMARTS) is 1. The first-order chi connectivity index (χ1) is 9.54. The Bertz CT molecular complexity index is 465. The van der Waals surface area contributed by atoms with Gasteiger partial charge in [0.15, 0.2) is 0 Å². The molecule has 0 radical (unpaired) electrons. The van der Waals surface area contributed by atoms with E-state index in [2.05, 4.69) is 4.90 Å². The van der Waals surface area contributed by atoms with Gasteiger partial charge in [-0.2, -0.15) is 0 Å². The summed E-state index contributed by atoms with van der Waals surface area (Å²) in [5.41, 5.74) is 0.950. The van der Waals surface area contributed by atoms with Crippen molar-refractivity contribution in [1.29, 1.82) is 0 Å². The first-order valence-electron chi connectivity index (χ1n) is 6.85. The Kier molecular flexibility index (Phi) is 5.06. The summed E-state index contributed by atoms with van der Waals surface area (Å²) >= 11 is 0. The van der Waals surface area contributed by atoms with Gasteiger partial charge in [-0.15, -0.1) is 0 Å². The van der Waals surface area contributed by atoms with Gasteiger partial charge in [0.25, 0.3) is 6.43 Å². The number of nitrogens with zero attached hydrogens (tertiary/aromatic N) is 1. The standard InChI is InChI=1S/C15H19F2NO2/c16-15(17)13-3-1-2-12(8-13)10-18-7-6-11(9-18)4-5-14(19)20/h1-3,8,11,15H,4-7,9-10H2,(H,19,20). The number of hydrogen-bond acceptors (Lipinski definition) is 2. The lowest BCUT2D eigenvalue weighted by Gasteiger charge is -2.16. The zero-order valence-electron chi connectivity index (χ0n) is 11.3. The van der Waals surface area contributed by atoms with E-state index >= 15 is 0 Å². The fraction of sp³-hybridized carbons (Fsp3) is 0.533. The SMILES string of the molecule is O=C(O)CCC1CCN(Cc2cccc(C(F)F)c2)C1. The molecular weight excluding hydrogens is 264 g/mol. The quantitative estimate of drug-likeness (QED) is 0.870. The molecule has 1 aliphatic rings. The van der Waals surface area contributed by atoms with Crippen molar-refractivity contribution in [2.45, 2.75) is 32.2 Å². The summed E-state index contributed by atoms with van der Waals surface area (Å²) in [6.07, 6.45) is -0.541. The fourth-order valence-electron chi connectivity index (χ4n) is 2.71. The van der Waals surface area contributed by atoms with E-state index in [0.29, 0.717) is 18.9 Å². The zero-order valence-corrected chi connectivity index (χ0v) is 11.3. The van der Waals surface area contributed by atoms with Gasteiger partial charge in [-0.3, -0.25) is 9.69 Å². The molecule has 1 N–H and O–H groups in total. The van der Waals surface area contributed by atoms with Crippen LogP contribution in [0.25, 0.3) is 0 Å². The van der Waals surface area contributed by atoms with Crippen LogP contribution in [0.2, 0.25) is 0 Å². The molecular formula is C15H19F2NO2. The van der Waals surface area contributed by atoms with Gasteiger partial charge in [0.1, 0.15) is 0 Å². The van der Waals surface area contributed by atoms with E-state index in [0.717, 1.165) is 25.1 Å². The van der Waals surface area contributed by atoms with E-state index in [1.165, 1.54) is 6.07 Å². The molecule has 3 nitrogen and oxygen atoms in total. The van der Waals surface area contributed by atoms with Gasteiger partial charge in [-0.25, -0.2) is 8.78 Å². The average molecular weight is 283 g/mol. The molecule has 110 valence electrons. The van der Waals surface area contributed by atoms with Gasteiger partial charge in [0.2, 0.25) is 0 Å². The Morgan fingerprint density at radius 1 is 1.45 bits per heavy atom. The number of alkyl halides is 2. The van der Waals surface area contributed by atoms with Crippen LogP contribution in [-0.2, 0) is 11.3 Å². The highest BCUT2D eigenvalue weighted by atomic mass is 19.3. The van der Waals surface area contributed by atoms with Crippen molar-refractivity contribution >= 4 is 5.97 Å². The Hall–Kier alpha value is -1.49. The maximum absolute atomic E-state index is 12.6. The van der Waals surface area contributed by atoms with Crippen LogP contribution in [0.4, 0.5) is 8.78 Å². The molecule has 1 unspecified atom stereocenters. The van der Waals surface area contributed by atoms with E-state index in [9.17, 15) is 13.6 Å². The molecule has 5 heteroatoms. The molecule has 1 aromatic rings. The van der Waals surface area contributed by atoms with Gasteiger partial charge >= 0.3 is 5.97 Å². The van der Waals surface area contributed by atoms with Gasteiger partial charge < -0.3 is 5.11 Å². The van der Waals surface area contributed by atoms with Crippen LogP contribution < -0.4 is 0 Å². The topological polar surface area (TPSA) is 40.5 Å². The van der Waals surface area contributed by atoms with E-state index in [-0.39, 0.29) is 12.0 Å². The molecule has 1 atom stereocenters. The predicted molar refractivity (Wildman–Crippen MR) is 71.7 cm³/mol. The summed E-state index contributed by atoms with van der Waals surface area (Å²) in [5.74, 6) is -0.350. The highest BCUT2D eigenvalue weighted by Crippen LogP contribution is 2.24. The molecule has 2 rings (SSSR count). The number of rotatable bonds is 6. The van der Waals surface area contributed by atoms with E-state index in [1.54, 1.807) is 12.1 Å². The number of hydrogen-bond donors (Lipinski definition) is 1. The van der Waals surface area contributed by atoms with Crippen molar-refractivity contribution in [2.24, 2.45) is 5.92 Å². The first-order valence-corrected chi connectivity index (χ1v) is 6.85. The lowest BCUT2D eigenvalue weighted by Crippen LogP contribution is -2.20. The van der Waals surface area contributed by atoms with E-state index in [4.69, 9.17) is 5.11 Å². The normalized spacial score (nSPS) is 19.6. The number of likely N-dealkylation sites (tertiary alicyclic amines) is 1. The summed E-state index contributed by atoms with van der Waals surface area (Å²) in [4.78, 5) is 12.8. The van der Waals surface area contributed by atoms with Crippen LogP contribution in [0.5, 0.6) is 0 Å². The Morgan fingerprint density at radius 2 is 2.25 bits per heavy atom. The molecule has 1 fully saturated rings. The van der Waals surface area contributed by atoms with Crippen molar-refractivity contribution in [3.05, 3.63) is 35.4 Å². The van der Waals surface area contributed by atoms with Crippen molar-refractivity contribution < 1.29 is 18.7 Å². The Balaban J connectivity index is 1.85. The van der Waals surface area contributed by atoms with Crippen molar-refractivity contribution in [3.8, 4) is 0 Å². The number of halogens is 2. The van der Waals surface area contributed by atoms with Crippen LogP contribution in [0.15, 0.2) is 24.3 Å². The van der Waals surface area contributed by atoms with Crippen molar-refractivity contribution in [3.63, 3.8) is 0 Å². The smallest absolute Gasteiger partial charge is 0.303 e. The molecule has 0 aliphatic carbocycles. The predicted octanol–water partition coefficient (Wildman–Crippen LogP) is 3.31. The monoisotopic (exact) mass is 283 g/mol. The maximum Gasteiger partial charge on any atom is 0.303 e. The van der Waals surface area contributed by atoms with Gasteiger partial charge in [-0.05, 0) is 36.9 Å². The van der Waals surface area contributed by atoms with Crippen LogP contribution in [-0.4, -0.2) is 29.1 Å². The molecule has 1 saturated heterocycles. The third-order valence-electron chi connectivity index (χ3n) is 3.75. The second kappa shape index (κ2) is 6.79. The third kappa shape index (κ3) is 4.27. The third-order valence-corrected chi connectivity index (χ3v) is 3.75. The summed E-state index contributed by atoms with van der Waals surface area (Å²) in [6.45, 7) is 2.42. The highest BCUT2D eigenvalue weighted by molar-refractivity contribution is 5.66. The second-order valence-corrected chi connectivity index (χ2v) is 5.37. The number of benzene rings is 1. The van der Waals surface area contributed by atoms with E-state index < -0.39 is 12.4 Å². The first kappa shape index (κ1) is 14.9. The molecule has 0 amide bonds. The molecule has 20 heavy (non-hydrogen) atoms. The summed E-state index contributed by atoms with van der Waals surface area (Å²) in [5, 5.41) is 8.67. The molecule has 0 aromatic heterocycles. The lowest BCUT2D eigenvalue weighted by molar-refractivity contribution is -0.137. The molecule has 1 aliphatic heterocycles. The highest BCUT2D eigenvalue weighted by Gasteiger charge is 2.23. The summed E-state index contributed by atoms with van der Waals surface area (Å²) in [7, 11) is 0. The summed E-state index contributed by atoms with van der Waals surface area (Å²) < 4.78 is 25.3. The Morgan fingerprint density at radius 3 is 2.95 bits per heavy atom. The number of aliphatic carboxylic acids is 1. The van der Waals surface area contributed by atoms with Crippen LogP contribution in [0.3, 0.4) is 0 Å². The van der Waals surface area contributed by atoms with Gasteiger partial charge in [-0.1, -0.05) is 18.2 Å².